The van der Waals surface area contributed by atoms with Crippen LogP contribution in [0, 0.1) is 0 Å². The van der Waals surface area contributed by atoms with Crippen LogP contribution in [0.3, 0.4) is 0 Å². The van der Waals surface area contributed by atoms with Crippen LogP contribution in [0.5, 0.6) is 0 Å². The van der Waals surface area contributed by atoms with Crippen LogP contribution in [-0.2, 0) is 4.74 Å². The highest BCUT2D eigenvalue weighted by Crippen LogP contribution is 2.44. The molecule has 1 aliphatic heterocycles. The van der Waals surface area contributed by atoms with Gasteiger partial charge in [-0.3, -0.25) is 9.69 Å². The van der Waals surface area contributed by atoms with Gasteiger partial charge in [0.1, 0.15) is 12.3 Å². The van der Waals surface area contributed by atoms with E-state index < -0.39 is 0 Å². The van der Waals surface area contributed by atoms with Crippen molar-refractivity contribution in [2.75, 3.05) is 7.05 Å². The van der Waals surface area contributed by atoms with Gasteiger partial charge in [-0.2, -0.15) is 0 Å². The molecule has 4 rings (SSSR count). The molecule has 3 aromatic carbocycles. The third-order valence-corrected chi connectivity index (χ3v) is 7.78. The summed E-state index contributed by atoms with van der Waals surface area (Å²) in [4.78, 5) is 20.5. The normalized spacial score (nSPS) is 20.5. The summed E-state index contributed by atoms with van der Waals surface area (Å²) in [5.41, 5.74) is 2.82. The molecule has 1 saturated heterocycles. The van der Waals surface area contributed by atoms with Gasteiger partial charge in [0.2, 0.25) is 0 Å². The van der Waals surface area contributed by atoms with Crippen molar-refractivity contribution in [1.29, 1.82) is 0 Å². The summed E-state index contributed by atoms with van der Waals surface area (Å²) in [5.74, 6) is 0.0526. The molecule has 0 aromatic heterocycles. The number of benzene rings is 3. The van der Waals surface area contributed by atoms with Crippen molar-refractivity contribution in [3.63, 3.8) is 0 Å². The zero-order valence-corrected chi connectivity index (χ0v) is 22.3. The zero-order chi connectivity index (χ0) is 25.1. The molecule has 0 bridgehead atoms. The summed E-state index contributed by atoms with van der Waals surface area (Å²) in [5, 5.41) is 0. The summed E-state index contributed by atoms with van der Waals surface area (Å²) in [6.45, 7) is 10.5. The van der Waals surface area contributed by atoms with E-state index in [1.165, 1.54) is 0 Å². The van der Waals surface area contributed by atoms with Gasteiger partial charge in [-0.05, 0) is 65.4 Å². The lowest BCUT2D eigenvalue weighted by Gasteiger charge is -2.33. The smallest absolute Gasteiger partial charge is 0.255 e. The molecule has 0 spiro atoms. The van der Waals surface area contributed by atoms with Gasteiger partial charge >= 0.3 is 0 Å². The Labute approximate surface area is 214 Å². The molecule has 1 aliphatic rings. The molecular weight excluding hydrogens is 452 g/mol. The van der Waals surface area contributed by atoms with Crippen LogP contribution >= 0.6 is 11.8 Å². The fraction of sp³-hybridized carbons (Fsp3) is 0.367. The number of hydrogen-bond acceptors (Lipinski definition) is 4. The van der Waals surface area contributed by atoms with Crippen LogP contribution in [0.15, 0.2) is 88.7 Å². The standard InChI is InChI=1S/C30H36N2O2S/c1-20(2)32(21(3)4)29(33)27-25(18-13-19-26(27)35-24-16-11-8-12-17-24)30-31(6)22(5)28(34-30)23-14-9-7-10-15-23/h7-22,28,30H,1-6H3/t22-,28-,30-/m0/s1. The largest absolute Gasteiger partial charge is 0.349 e. The Kier molecular flexibility index (Phi) is 8.00. The summed E-state index contributed by atoms with van der Waals surface area (Å²) in [6, 6.07) is 27.1. The number of carbonyl (C=O) groups is 1. The molecule has 3 aromatic rings. The number of nitrogens with zero attached hydrogens (tertiary/aromatic N) is 2. The number of carbonyl (C=O) groups excluding carboxylic acids is 1. The topological polar surface area (TPSA) is 32.8 Å². The maximum Gasteiger partial charge on any atom is 0.255 e. The van der Waals surface area contributed by atoms with E-state index in [-0.39, 0.29) is 36.4 Å². The van der Waals surface area contributed by atoms with Crippen LogP contribution < -0.4 is 0 Å². The van der Waals surface area contributed by atoms with Crippen LogP contribution in [-0.4, -0.2) is 40.9 Å². The second-order valence-electron chi connectivity index (χ2n) is 9.76. The lowest BCUT2D eigenvalue weighted by atomic mass is 10.0. The van der Waals surface area contributed by atoms with E-state index in [9.17, 15) is 4.79 Å². The lowest BCUT2D eigenvalue weighted by molar-refractivity contribution is 0.00435. The predicted octanol–water partition coefficient (Wildman–Crippen LogP) is 7.19. The zero-order valence-electron chi connectivity index (χ0n) is 21.5. The number of likely N-dealkylation sites (N-methyl/N-ethyl adjacent to an activating group) is 1. The molecule has 0 N–H and O–H groups in total. The van der Waals surface area contributed by atoms with E-state index in [1.54, 1.807) is 11.8 Å². The number of rotatable bonds is 7. The summed E-state index contributed by atoms with van der Waals surface area (Å²) >= 11 is 1.63. The first-order chi connectivity index (χ1) is 16.8. The Balaban J connectivity index is 1.80. The van der Waals surface area contributed by atoms with Crippen molar-refractivity contribution < 1.29 is 9.53 Å². The maximum atomic E-state index is 14.2. The Hall–Kier alpha value is -2.60. The molecule has 1 amide bonds. The van der Waals surface area contributed by atoms with E-state index in [4.69, 9.17) is 4.74 Å². The van der Waals surface area contributed by atoms with Gasteiger partial charge in [-0.25, -0.2) is 0 Å². The van der Waals surface area contributed by atoms with E-state index in [0.29, 0.717) is 0 Å². The van der Waals surface area contributed by atoms with Gasteiger partial charge in [-0.1, -0.05) is 72.4 Å². The van der Waals surface area contributed by atoms with Crippen molar-refractivity contribution in [2.24, 2.45) is 0 Å². The highest BCUT2D eigenvalue weighted by molar-refractivity contribution is 7.99. The summed E-state index contributed by atoms with van der Waals surface area (Å²) < 4.78 is 6.70. The average Bonchev–Trinajstić information content (AvgIpc) is 3.14. The summed E-state index contributed by atoms with van der Waals surface area (Å²) in [6.07, 6.45) is -0.377. The molecule has 1 heterocycles. The molecule has 184 valence electrons. The molecule has 0 aliphatic carbocycles. The van der Waals surface area contributed by atoms with Gasteiger partial charge in [-0.15, -0.1) is 0 Å². The fourth-order valence-corrected chi connectivity index (χ4v) is 5.95. The molecule has 5 heteroatoms. The highest BCUT2D eigenvalue weighted by atomic mass is 32.2. The van der Waals surface area contributed by atoms with E-state index in [1.807, 2.05) is 47.4 Å². The molecule has 0 saturated carbocycles. The van der Waals surface area contributed by atoms with E-state index in [2.05, 4.69) is 83.0 Å². The quantitative estimate of drug-likeness (QED) is 0.352. The van der Waals surface area contributed by atoms with Gasteiger partial charge < -0.3 is 9.64 Å². The molecule has 0 unspecified atom stereocenters. The van der Waals surface area contributed by atoms with Gasteiger partial charge in [0.05, 0.1) is 5.56 Å². The Morgan fingerprint density at radius 2 is 1.49 bits per heavy atom. The fourth-order valence-electron chi connectivity index (χ4n) is 4.95. The van der Waals surface area contributed by atoms with Crippen LogP contribution in [0.1, 0.15) is 68.4 Å². The second kappa shape index (κ2) is 11.0. The highest BCUT2D eigenvalue weighted by Gasteiger charge is 2.41. The van der Waals surface area contributed by atoms with Gasteiger partial charge in [0, 0.05) is 33.5 Å². The van der Waals surface area contributed by atoms with Gasteiger partial charge in [0.15, 0.2) is 0 Å². The molecule has 4 nitrogen and oxygen atoms in total. The number of ether oxygens (including phenoxy) is 1. The molecule has 3 atom stereocenters. The molecular formula is C30H36N2O2S. The first-order valence-corrected chi connectivity index (χ1v) is 13.2. The second-order valence-corrected chi connectivity index (χ2v) is 10.9. The predicted molar refractivity (Wildman–Crippen MR) is 144 cm³/mol. The third kappa shape index (κ3) is 5.32. The van der Waals surface area contributed by atoms with E-state index >= 15 is 0 Å². The first kappa shape index (κ1) is 25.5. The van der Waals surface area contributed by atoms with Gasteiger partial charge in [0.25, 0.3) is 5.91 Å². The lowest BCUT2D eigenvalue weighted by Crippen LogP contribution is -2.43. The van der Waals surface area contributed by atoms with Crippen molar-refractivity contribution in [3.8, 4) is 0 Å². The Bertz CT molecular complexity index is 1130. The minimum atomic E-state index is -0.313. The Morgan fingerprint density at radius 3 is 2.09 bits per heavy atom. The monoisotopic (exact) mass is 488 g/mol. The van der Waals surface area contributed by atoms with Crippen LogP contribution in [0.4, 0.5) is 0 Å². The minimum absolute atomic E-state index is 0.0526. The van der Waals surface area contributed by atoms with Crippen LogP contribution in [0.25, 0.3) is 0 Å². The Morgan fingerprint density at radius 1 is 0.886 bits per heavy atom. The number of hydrogen-bond donors (Lipinski definition) is 0. The minimum Gasteiger partial charge on any atom is -0.349 e. The van der Waals surface area contributed by atoms with Crippen molar-refractivity contribution in [3.05, 3.63) is 95.6 Å². The van der Waals surface area contributed by atoms with Crippen molar-refractivity contribution >= 4 is 17.7 Å². The molecule has 0 radical (unpaired) electrons. The average molecular weight is 489 g/mol. The third-order valence-electron chi connectivity index (χ3n) is 6.71. The van der Waals surface area contributed by atoms with Crippen LogP contribution in [0.2, 0.25) is 0 Å². The maximum absolute atomic E-state index is 14.2. The summed E-state index contributed by atoms with van der Waals surface area (Å²) in [7, 11) is 2.09. The first-order valence-electron chi connectivity index (χ1n) is 12.4. The number of amides is 1. The molecule has 1 fully saturated rings. The van der Waals surface area contributed by atoms with Crippen molar-refractivity contribution in [2.45, 2.75) is 74.9 Å². The molecule has 35 heavy (non-hydrogen) atoms. The van der Waals surface area contributed by atoms with Crippen molar-refractivity contribution in [1.82, 2.24) is 9.80 Å². The van der Waals surface area contributed by atoms with E-state index in [0.717, 1.165) is 26.5 Å². The SMILES string of the molecule is CC(C)N(C(=O)c1c(Sc2ccccc2)cccc1[C@@H]1O[C@H](c2ccccc2)[C@H](C)N1C)C(C)C.